The van der Waals surface area contributed by atoms with Crippen molar-refractivity contribution >= 4 is 0 Å². The van der Waals surface area contributed by atoms with E-state index in [9.17, 15) is 0 Å². The highest BCUT2D eigenvalue weighted by Gasteiger charge is 2.19. The van der Waals surface area contributed by atoms with Gasteiger partial charge in [-0.3, -0.25) is 0 Å². The second-order valence-corrected chi connectivity index (χ2v) is 5.26. The average Bonchev–Trinajstić information content (AvgIpc) is 3.12. The largest absolute Gasteiger partial charge is 0.381 e. The fraction of sp³-hybridized carbons (Fsp3) is 0.467. The Bertz CT molecular complexity index is 535. The van der Waals surface area contributed by atoms with Gasteiger partial charge in [0.2, 0.25) is 5.89 Å². The molecular formula is C15H19N3O2. The second-order valence-electron chi connectivity index (χ2n) is 5.26. The molecular weight excluding hydrogens is 254 g/mol. The number of nitrogens with two attached hydrogens (primary N) is 1. The monoisotopic (exact) mass is 273 g/mol. The van der Waals surface area contributed by atoms with E-state index in [1.54, 1.807) is 0 Å². The Morgan fingerprint density at radius 2 is 2.15 bits per heavy atom. The van der Waals surface area contributed by atoms with Crippen LogP contribution in [-0.4, -0.2) is 23.4 Å². The fourth-order valence-electron chi connectivity index (χ4n) is 2.46. The predicted octanol–water partition coefficient (Wildman–Crippen LogP) is 1.89. The van der Waals surface area contributed by atoms with Gasteiger partial charge in [-0.2, -0.15) is 4.98 Å². The van der Waals surface area contributed by atoms with E-state index in [2.05, 4.69) is 10.1 Å². The Labute approximate surface area is 118 Å². The first-order valence-corrected chi connectivity index (χ1v) is 7.01. The molecule has 2 N–H and O–H groups in total. The highest BCUT2D eigenvalue weighted by molar-refractivity contribution is 5.19. The van der Waals surface area contributed by atoms with Gasteiger partial charge < -0.3 is 15.0 Å². The Kier molecular flexibility index (Phi) is 4.08. The van der Waals surface area contributed by atoms with Crippen molar-refractivity contribution in [3.05, 3.63) is 47.6 Å². The number of hydrogen-bond acceptors (Lipinski definition) is 5. The van der Waals surface area contributed by atoms with Crippen molar-refractivity contribution in [1.29, 1.82) is 0 Å². The smallest absolute Gasteiger partial charge is 0.228 e. The summed E-state index contributed by atoms with van der Waals surface area (Å²) in [6, 6.07) is 9.85. The van der Waals surface area contributed by atoms with Gasteiger partial charge in [-0.15, -0.1) is 0 Å². The number of benzene rings is 1. The molecule has 2 unspecified atom stereocenters. The van der Waals surface area contributed by atoms with E-state index in [0.717, 1.165) is 37.4 Å². The van der Waals surface area contributed by atoms with Crippen LogP contribution in [-0.2, 0) is 17.6 Å². The van der Waals surface area contributed by atoms with Gasteiger partial charge in [0.1, 0.15) is 0 Å². The normalized spacial score (nSPS) is 20.1. The topological polar surface area (TPSA) is 74.2 Å². The molecule has 5 nitrogen and oxygen atoms in total. The van der Waals surface area contributed by atoms with E-state index in [0.29, 0.717) is 18.2 Å². The van der Waals surface area contributed by atoms with Crippen LogP contribution in [0.3, 0.4) is 0 Å². The average molecular weight is 273 g/mol. The van der Waals surface area contributed by atoms with Gasteiger partial charge in [0.05, 0.1) is 0 Å². The molecule has 5 heteroatoms. The molecule has 1 aliphatic rings. The third-order valence-corrected chi connectivity index (χ3v) is 3.63. The van der Waals surface area contributed by atoms with E-state index in [1.807, 2.05) is 30.3 Å². The summed E-state index contributed by atoms with van der Waals surface area (Å²) in [5.74, 6) is 1.88. The molecule has 0 spiro atoms. The zero-order chi connectivity index (χ0) is 13.8. The molecule has 1 aliphatic heterocycles. The second kappa shape index (κ2) is 6.15. The molecule has 106 valence electrons. The van der Waals surface area contributed by atoms with Crippen molar-refractivity contribution in [1.82, 2.24) is 10.1 Å². The minimum absolute atomic E-state index is 0.112. The van der Waals surface area contributed by atoms with Gasteiger partial charge in [-0.25, -0.2) is 0 Å². The molecule has 1 saturated heterocycles. The maximum absolute atomic E-state index is 6.15. The maximum Gasteiger partial charge on any atom is 0.228 e. The Balaban J connectivity index is 1.59. The van der Waals surface area contributed by atoms with Crippen LogP contribution >= 0.6 is 0 Å². The Morgan fingerprint density at radius 1 is 1.30 bits per heavy atom. The number of rotatable bonds is 5. The van der Waals surface area contributed by atoms with E-state index in [1.165, 1.54) is 0 Å². The van der Waals surface area contributed by atoms with E-state index < -0.39 is 0 Å². The molecule has 20 heavy (non-hydrogen) atoms. The van der Waals surface area contributed by atoms with Crippen LogP contribution in [0, 0.1) is 5.92 Å². The summed E-state index contributed by atoms with van der Waals surface area (Å²) >= 11 is 0. The molecule has 1 aromatic carbocycles. The van der Waals surface area contributed by atoms with Gasteiger partial charge in [0.15, 0.2) is 5.82 Å². The summed E-state index contributed by atoms with van der Waals surface area (Å²) in [6.07, 6.45) is 2.47. The van der Waals surface area contributed by atoms with Crippen LogP contribution in [0.1, 0.15) is 29.7 Å². The Morgan fingerprint density at radius 3 is 2.90 bits per heavy atom. The lowest BCUT2D eigenvalue weighted by molar-refractivity contribution is 0.185. The van der Waals surface area contributed by atoms with E-state index >= 15 is 0 Å². The zero-order valence-electron chi connectivity index (χ0n) is 11.4. The maximum atomic E-state index is 6.15. The SMILES string of the molecule is NC(Cc1nc(CC2CCOC2)no1)c1ccccc1. The van der Waals surface area contributed by atoms with E-state index in [4.69, 9.17) is 15.0 Å². The first-order valence-electron chi connectivity index (χ1n) is 7.01. The molecule has 2 atom stereocenters. The third kappa shape index (κ3) is 3.23. The zero-order valence-corrected chi connectivity index (χ0v) is 11.4. The number of aromatic nitrogens is 2. The molecule has 1 aromatic heterocycles. The number of nitrogens with zero attached hydrogens (tertiary/aromatic N) is 2. The molecule has 0 bridgehead atoms. The van der Waals surface area contributed by atoms with Gasteiger partial charge in [-0.05, 0) is 17.9 Å². The highest BCUT2D eigenvalue weighted by atomic mass is 16.5. The standard InChI is InChI=1S/C15H19N3O2/c16-13(12-4-2-1-3-5-12)9-15-17-14(18-20-15)8-11-6-7-19-10-11/h1-5,11,13H,6-10,16H2. The lowest BCUT2D eigenvalue weighted by Crippen LogP contribution is -2.13. The van der Waals surface area contributed by atoms with Crippen LogP contribution in [0.5, 0.6) is 0 Å². The number of hydrogen-bond donors (Lipinski definition) is 1. The molecule has 3 rings (SSSR count). The summed E-state index contributed by atoms with van der Waals surface area (Å²) in [7, 11) is 0. The summed E-state index contributed by atoms with van der Waals surface area (Å²) in [5.41, 5.74) is 7.23. The van der Waals surface area contributed by atoms with Crippen LogP contribution < -0.4 is 5.73 Å². The quantitative estimate of drug-likeness (QED) is 0.900. The summed E-state index contributed by atoms with van der Waals surface area (Å²) in [6.45, 7) is 1.64. The van der Waals surface area contributed by atoms with Crippen molar-refractivity contribution in [2.24, 2.45) is 11.7 Å². The van der Waals surface area contributed by atoms with Gasteiger partial charge in [-0.1, -0.05) is 35.5 Å². The molecule has 0 radical (unpaired) electrons. The Hall–Kier alpha value is -1.72. The van der Waals surface area contributed by atoms with Crippen molar-refractivity contribution in [2.75, 3.05) is 13.2 Å². The summed E-state index contributed by atoms with van der Waals surface area (Å²) < 4.78 is 10.6. The van der Waals surface area contributed by atoms with Crippen molar-refractivity contribution in [2.45, 2.75) is 25.3 Å². The van der Waals surface area contributed by atoms with Gasteiger partial charge >= 0.3 is 0 Å². The van der Waals surface area contributed by atoms with Crippen LogP contribution in [0.2, 0.25) is 0 Å². The third-order valence-electron chi connectivity index (χ3n) is 3.63. The van der Waals surface area contributed by atoms with Crippen molar-refractivity contribution in [3.63, 3.8) is 0 Å². The molecule has 0 amide bonds. The van der Waals surface area contributed by atoms with Crippen molar-refractivity contribution < 1.29 is 9.26 Å². The number of ether oxygens (including phenoxy) is 1. The molecule has 0 saturated carbocycles. The van der Waals surface area contributed by atoms with Crippen molar-refractivity contribution in [3.8, 4) is 0 Å². The molecule has 1 fully saturated rings. The molecule has 0 aliphatic carbocycles. The van der Waals surface area contributed by atoms with Gasteiger partial charge in [0, 0.05) is 32.1 Å². The minimum Gasteiger partial charge on any atom is -0.381 e. The first kappa shape index (κ1) is 13.3. The van der Waals surface area contributed by atoms with Crippen LogP contribution in [0.4, 0.5) is 0 Å². The van der Waals surface area contributed by atoms with Crippen LogP contribution in [0.15, 0.2) is 34.9 Å². The molecule has 2 heterocycles. The lowest BCUT2D eigenvalue weighted by atomic mass is 10.0. The molecule has 2 aromatic rings. The fourth-order valence-corrected chi connectivity index (χ4v) is 2.46. The van der Waals surface area contributed by atoms with Crippen LogP contribution in [0.25, 0.3) is 0 Å². The highest BCUT2D eigenvalue weighted by Crippen LogP contribution is 2.18. The first-order chi connectivity index (χ1) is 9.81. The predicted molar refractivity (Wildman–Crippen MR) is 74.0 cm³/mol. The van der Waals surface area contributed by atoms with E-state index in [-0.39, 0.29) is 6.04 Å². The lowest BCUT2D eigenvalue weighted by Gasteiger charge is -2.08. The minimum atomic E-state index is -0.112. The summed E-state index contributed by atoms with van der Waals surface area (Å²) in [5, 5.41) is 4.03. The van der Waals surface area contributed by atoms with Gasteiger partial charge in [0.25, 0.3) is 0 Å². The summed E-state index contributed by atoms with van der Waals surface area (Å²) in [4.78, 5) is 4.43.